The number of hydrogen-bond acceptors (Lipinski definition) is 4. The second-order valence-electron chi connectivity index (χ2n) is 3.74. The van der Waals surface area contributed by atoms with E-state index in [-0.39, 0.29) is 17.4 Å². The summed E-state index contributed by atoms with van der Waals surface area (Å²) in [4.78, 5) is 15.6. The summed E-state index contributed by atoms with van der Waals surface area (Å²) in [6, 6.07) is 7.54. The van der Waals surface area contributed by atoms with Gasteiger partial charge in [0.25, 0.3) is 5.91 Å². The van der Waals surface area contributed by atoms with Gasteiger partial charge in [-0.05, 0) is 35.9 Å². The molecule has 18 heavy (non-hydrogen) atoms. The number of phenols is 2. The molecular weight excluding hydrogens is 232 g/mol. The zero-order valence-electron chi connectivity index (χ0n) is 9.50. The number of pyridine rings is 1. The van der Waals surface area contributed by atoms with Gasteiger partial charge in [-0.25, -0.2) is 0 Å². The predicted octanol–water partition coefficient (Wildman–Crippen LogP) is 1.42. The Labute approximate surface area is 104 Å². The van der Waals surface area contributed by atoms with Gasteiger partial charge in [0.05, 0.1) is 0 Å². The lowest BCUT2D eigenvalue weighted by Crippen LogP contribution is -2.22. The van der Waals surface area contributed by atoms with Gasteiger partial charge in [0, 0.05) is 24.5 Å². The Balaban J connectivity index is 2.02. The van der Waals surface area contributed by atoms with E-state index in [0.29, 0.717) is 12.1 Å². The van der Waals surface area contributed by atoms with Gasteiger partial charge < -0.3 is 15.5 Å². The van der Waals surface area contributed by atoms with Gasteiger partial charge >= 0.3 is 0 Å². The summed E-state index contributed by atoms with van der Waals surface area (Å²) in [6.07, 6.45) is 3.29. The van der Waals surface area contributed by atoms with E-state index in [1.165, 1.54) is 18.2 Å². The van der Waals surface area contributed by atoms with Gasteiger partial charge in [0.2, 0.25) is 0 Å². The van der Waals surface area contributed by atoms with Gasteiger partial charge in [0.1, 0.15) is 0 Å². The number of nitrogens with one attached hydrogen (secondary N) is 1. The third-order valence-corrected chi connectivity index (χ3v) is 2.44. The molecule has 0 unspecified atom stereocenters. The number of carbonyl (C=O) groups excluding carboxylic acids is 1. The molecule has 1 amide bonds. The fourth-order valence-corrected chi connectivity index (χ4v) is 1.45. The molecule has 0 saturated heterocycles. The zero-order valence-corrected chi connectivity index (χ0v) is 9.50. The molecule has 0 aliphatic heterocycles. The second kappa shape index (κ2) is 5.18. The Hall–Kier alpha value is -2.56. The molecule has 0 radical (unpaired) electrons. The van der Waals surface area contributed by atoms with Crippen LogP contribution in [0.3, 0.4) is 0 Å². The molecule has 5 heteroatoms. The number of amides is 1. The molecule has 1 aromatic heterocycles. The lowest BCUT2D eigenvalue weighted by atomic mass is 10.2. The van der Waals surface area contributed by atoms with Crippen LogP contribution in [0.1, 0.15) is 15.9 Å². The number of benzene rings is 1. The minimum atomic E-state index is -0.317. The number of nitrogens with zero attached hydrogens (tertiary/aromatic N) is 1. The topological polar surface area (TPSA) is 82.5 Å². The summed E-state index contributed by atoms with van der Waals surface area (Å²) >= 11 is 0. The summed E-state index contributed by atoms with van der Waals surface area (Å²) < 4.78 is 0. The quantitative estimate of drug-likeness (QED) is 0.713. The number of rotatable bonds is 3. The summed E-state index contributed by atoms with van der Waals surface area (Å²) in [5.41, 5.74) is 1.22. The van der Waals surface area contributed by atoms with Gasteiger partial charge in [-0.3, -0.25) is 9.78 Å². The second-order valence-corrected chi connectivity index (χ2v) is 3.74. The Kier molecular flexibility index (Phi) is 3.43. The maximum atomic E-state index is 11.8. The highest BCUT2D eigenvalue weighted by atomic mass is 16.3. The Bertz CT molecular complexity index is 555. The van der Waals surface area contributed by atoms with E-state index in [9.17, 15) is 9.90 Å². The number of hydrogen-bond donors (Lipinski definition) is 3. The largest absolute Gasteiger partial charge is 0.504 e. The van der Waals surface area contributed by atoms with Crippen molar-refractivity contribution in [2.45, 2.75) is 6.54 Å². The highest BCUT2D eigenvalue weighted by Gasteiger charge is 2.08. The molecule has 1 heterocycles. The van der Waals surface area contributed by atoms with Gasteiger partial charge in [-0.1, -0.05) is 0 Å². The standard InChI is InChI=1S/C13H12N2O3/c16-11-2-1-10(7-12(11)17)13(18)15-8-9-3-5-14-6-4-9/h1-7,16-17H,8H2,(H,15,18). The molecule has 0 spiro atoms. The van der Waals surface area contributed by atoms with Crippen molar-refractivity contribution in [1.29, 1.82) is 0 Å². The SMILES string of the molecule is O=C(NCc1ccncc1)c1ccc(O)c(O)c1. The molecule has 0 bridgehead atoms. The number of aromatic nitrogens is 1. The lowest BCUT2D eigenvalue weighted by Gasteiger charge is -2.06. The molecule has 5 nitrogen and oxygen atoms in total. The van der Waals surface area contributed by atoms with Crippen molar-refractivity contribution < 1.29 is 15.0 Å². The first-order valence-electron chi connectivity index (χ1n) is 5.36. The fourth-order valence-electron chi connectivity index (χ4n) is 1.45. The Morgan fingerprint density at radius 1 is 1.11 bits per heavy atom. The van der Waals surface area contributed by atoms with Crippen LogP contribution >= 0.6 is 0 Å². The van der Waals surface area contributed by atoms with Crippen molar-refractivity contribution in [3.05, 3.63) is 53.9 Å². The fraction of sp³-hybridized carbons (Fsp3) is 0.0769. The van der Waals surface area contributed by atoms with Crippen molar-refractivity contribution in [3.8, 4) is 11.5 Å². The predicted molar refractivity (Wildman–Crippen MR) is 65.2 cm³/mol. The molecule has 0 aliphatic carbocycles. The Morgan fingerprint density at radius 3 is 2.50 bits per heavy atom. The van der Waals surface area contributed by atoms with Crippen LogP contribution in [0.2, 0.25) is 0 Å². The third-order valence-electron chi connectivity index (χ3n) is 2.44. The molecule has 0 saturated carbocycles. The van der Waals surface area contributed by atoms with E-state index in [0.717, 1.165) is 5.56 Å². The smallest absolute Gasteiger partial charge is 0.251 e. The van der Waals surface area contributed by atoms with Gasteiger partial charge in [-0.2, -0.15) is 0 Å². The number of carbonyl (C=O) groups is 1. The first-order valence-corrected chi connectivity index (χ1v) is 5.36. The maximum absolute atomic E-state index is 11.8. The van der Waals surface area contributed by atoms with Crippen LogP contribution in [-0.2, 0) is 6.54 Å². The van der Waals surface area contributed by atoms with Crippen molar-refractivity contribution in [2.75, 3.05) is 0 Å². The minimum Gasteiger partial charge on any atom is -0.504 e. The lowest BCUT2D eigenvalue weighted by molar-refractivity contribution is 0.0950. The average molecular weight is 244 g/mol. The van der Waals surface area contributed by atoms with Crippen molar-refractivity contribution >= 4 is 5.91 Å². The number of aromatic hydroxyl groups is 2. The highest BCUT2D eigenvalue weighted by molar-refractivity contribution is 5.94. The molecule has 1 aromatic carbocycles. The van der Waals surface area contributed by atoms with E-state index < -0.39 is 0 Å². The van der Waals surface area contributed by atoms with Crippen LogP contribution in [0.15, 0.2) is 42.7 Å². The summed E-state index contributed by atoms with van der Waals surface area (Å²) in [7, 11) is 0. The zero-order chi connectivity index (χ0) is 13.0. The van der Waals surface area contributed by atoms with Gasteiger partial charge in [0.15, 0.2) is 11.5 Å². The van der Waals surface area contributed by atoms with E-state index in [4.69, 9.17) is 5.11 Å². The molecule has 0 atom stereocenters. The Morgan fingerprint density at radius 2 is 1.83 bits per heavy atom. The third kappa shape index (κ3) is 2.76. The first-order chi connectivity index (χ1) is 8.66. The van der Waals surface area contributed by atoms with E-state index in [2.05, 4.69) is 10.3 Å². The molecule has 2 rings (SSSR count). The van der Waals surface area contributed by atoms with E-state index in [1.807, 2.05) is 0 Å². The summed E-state index contributed by atoms with van der Waals surface area (Å²) in [5.74, 6) is -0.880. The van der Waals surface area contributed by atoms with Crippen LogP contribution in [0, 0.1) is 0 Å². The van der Waals surface area contributed by atoms with E-state index in [1.54, 1.807) is 24.5 Å². The normalized spacial score (nSPS) is 10.0. The molecule has 0 fully saturated rings. The maximum Gasteiger partial charge on any atom is 0.251 e. The van der Waals surface area contributed by atoms with Gasteiger partial charge in [-0.15, -0.1) is 0 Å². The van der Waals surface area contributed by atoms with Crippen molar-refractivity contribution in [1.82, 2.24) is 10.3 Å². The first kappa shape index (κ1) is 11.9. The minimum absolute atomic E-state index is 0.249. The van der Waals surface area contributed by atoms with Crippen molar-refractivity contribution in [2.24, 2.45) is 0 Å². The average Bonchev–Trinajstić information content (AvgIpc) is 2.40. The van der Waals surface area contributed by atoms with Crippen LogP contribution in [0.5, 0.6) is 11.5 Å². The molecule has 3 N–H and O–H groups in total. The molecular formula is C13H12N2O3. The van der Waals surface area contributed by atoms with Crippen molar-refractivity contribution in [3.63, 3.8) is 0 Å². The number of phenolic OH excluding ortho intramolecular Hbond substituents is 2. The highest BCUT2D eigenvalue weighted by Crippen LogP contribution is 2.24. The molecule has 2 aromatic rings. The monoisotopic (exact) mass is 244 g/mol. The van der Waals surface area contributed by atoms with Crippen LogP contribution in [0.4, 0.5) is 0 Å². The van der Waals surface area contributed by atoms with Crippen LogP contribution in [0.25, 0.3) is 0 Å². The summed E-state index contributed by atoms with van der Waals surface area (Å²) in [6.45, 7) is 0.378. The summed E-state index contributed by atoms with van der Waals surface area (Å²) in [5, 5.41) is 21.1. The van der Waals surface area contributed by atoms with E-state index >= 15 is 0 Å². The van der Waals surface area contributed by atoms with Crippen LogP contribution in [-0.4, -0.2) is 21.1 Å². The molecule has 0 aliphatic rings. The van der Waals surface area contributed by atoms with Crippen LogP contribution < -0.4 is 5.32 Å². The molecule has 92 valence electrons.